The first-order chi connectivity index (χ1) is 10.3. The van der Waals surface area contributed by atoms with Crippen LogP contribution < -0.4 is 5.32 Å². The molecule has 21 heavy (non-hydrogen) atoms. The Hall–Kier alpha value is -2.09. The maximum atomic E-state index is 12.3. The highest BCUT2D eigenvalue weighted by molar-refractivity contribution is 6.03. The van der Waals surface area contributed by atoms with Gasteiger partial charge in [-0.15, -0.1) is 0 Å². The van der Waals surface area contributed by atoms with Crippen LogP contribution in [0, 0.1) is 0 Å². The molecule has 2 heteroatoms. The third kappa shape index (κ3) is 2.25. The highest BCUT2D eigenvalue weighted by Crippen LogP contribution is 2.34. The standard InChI is InChI=1S/C19H19NO/c21-19-12-18(20-17-8-4-3-7-16(17)19)15-10-9-13-5-1-2-6-14(13)11-15/h3-4,7-11,18,20H,1-2,5-6,12H2. The summed E-state index contributed by atoms with van der Waals surface area (Å²) in [5.41, 5.74) is 6.01. The van der Waals surface area contributed by atoms with Gasteiger partial charge in [-0.2, -0.15) is 0 Å². The van der Waals surface area contributed by atoms with Crippen molar-refractivity contribution >= 4 is 11.5 Å². The molecule has 2 nitrogen and oxygen atoms in total. The van der Waals surface area contributed by atoms with Gasteiger partial charge in [0.15, 0.2) is 5.78 Å². The number of nitrogens with one attached hydrogen (secondary N) is 1. The van der Waals surface area contributed by atoms with E-state index in [2.05, 4.69) is 23.5 Å². The van der Waals surface area contributed by atoms with Crippen LogP contribution in [0.25, 0.3) is 0 Å². The molecular formula is C19H19NO. The summed E-state index contributed by atoms with van der Waals surface area (Å²) in [5, 5.41) is 3.53. The molecule has 2 aromatic rings. The topological polar surface area (TPSA) is 29.1 Å². The van der Waals surface area contributed by atoms with E-state index in [1.807, 2.05) is 24.3 Å². The molecule has 0 fully saturated rings. The lowest BCUT2D eigenvalue weighted by Gasteiger charge is -2.27. The summed E-state index contributed by atoms with van der Waals surface area (Å²) < 4.78 is 0. The number of fused-ring (bicyclic) bond motifs is 2. The van der Waals surface area contributed by atoms with Crippen molar-refractivity contribution in [2.24, 2.45) is 0 Å². The molecule has 0 aromatic heterocycles. The molecule has 0 bridgehead atoms. The molecular weight excluding hydrogens is 258 g/mol. The second-order valence-electron chi connectivity index (χ2n) is 6.11. The fourth-order valence-electron chi connectivity index (χ4n) is 3.56. The SMILES string of the molecule is O=C1CC(c2ccc3c(c2)CCCC3)Nc2ccccc21. The van der Waals surface area contributed by atoms with Crippen molar-refractivity contribution in [2.75, 3.05) is 5.32 Å². The van der Waals surface area contributed by atoms with Gasteiger partial charge in [0.25, 0.3) is 0 Å². The predicted molar refractivity (Wildman–Crippen MR) is 84.8 cm³/mol. The van der Waals surface area contributed by atoms with E-state index < -0.39 is 0 Å². The fourth-order valence-corrected chi connectivity index (χ4v) is 3.56. The highest BCUT2D eigenvalue weighted by Gasteiger charge is 2.25. The van der Waals surface area contributed by atoms with Gasteiger partial charge in [0.05, 0.1) is 6.04 Å². The first kappa shape index (κ1) is 12.6. The largest absolute Gasteiger partial charge is 0.377 e. The lowest BCUT2D eigenvalue weighted by atomic mass is 9.86. The minimum atomic E-state index is 0.111. The number of ketones is 1. The Balaban J connectivity index is 1.67. The molecule has 1 unspecified atom stereocenters. The van der Waals surface area contributed by atoms with E-state index in [4.69, 9.17) is 0 Å². The molecule has 1 N–H and O–H groups in total. The first-order valence-corrected chi connectivity index (χ1v) is 7.82. The number of hydrogen-bond acceptors (Lipinski definition) is 2. The molecule has 2 aromatic carbocycles. The van der Waals surface area contributed by atoms with E-state index in [9.17, 15) is 4.79 Å². The molecule has 0 spiro atoms. The van der Waals surface area contributed by atoms with Gasteiger partial charge in [-0.3, -0.25) is 4.79 Å². The van der Waals surface area contributed by atoms with Crippen molar-refractivity contribution in [2.45, 2.75) is 38.1 Å². The van der Waals surface area contributed by atoms with Gasteiger partial charge in [-0.05, 0) is 54.5 Å². The number of anilines is 1. The van der Waals surface area contributed by atoms with Crippen LogP contribution in [0.5, 0.6) is 0 Å². The first-order valence-electron chi connectivity index (χ1n) is 7.82. The van der Waals surface area contributed by atoms with Crippen LogP contribution in [0.1, 0.15) is 52.4 Å². The van der Waals surface area contributed by atoms with Crippen LogP contribution in [0.4, 0.5) is 5.69 Å². The number of carbonyl (C=O) groups excluding carboxylic acids is 1. The molecule has 0 radical (unpaired) electrons. The third-order valence-electron chi connectivity index (χ3n) is 4.72. The summed E-state index contributed by atoms with van der Waals surface area (Å²) in [7, 11) is 0. The van der Waals surface area contributed by atoms with Gasteiger partial charge in [0, 0.05) is 17.7 Å². The number of aryl methyl sites for hydroxylation is 2. The van der Waals surface area contributed by atoms with Gasteiger partial charge in [0.1, 0.15) is 0 Å². The van der Waals surface area contributed by atoms with Crippen molar-refractivity contribution in [3.05, 3.63) is 64.7 Å². The number of rotatable bonds is 1. The predicted octanol–water partition coefficient (Wildman–Crippen LogP) is 4.31. The van der Waals surface area contributed by atoms with Crippen molar-refractivity contribution in [1.82, 2.24) is 0 Å². The summed E-state index contributed by atoms with van der Waals surface area (Å²) in [6, 6.07) is 14.7. The van der Waals surface area contributed by atoms with E-state index in [1.165, 1.54) is 42.4 Å². The molecule has 0 amide bonds. The normalized spacial score (nSPS) is 20.4. The molecule has 1 heterocycles. The summed E-state index contributed by atoms with van der Waals surface area (Å²) in [5.74, 6) is 0.243. The van der Waals surface area contributed by atoms with E-state index in [0.717, 1.165) is 11.3 Å². The maximum absolute atomic E-state index is 12.3. The number of hydrogen-bond donors (Lipinski definition) is 1. The van der Waals surface area contributed by atoms with Crippen LogP contribution in [-0.4, -0.2) is 5.78 Å². The maximum Gasteiger partial charge on any atom is 0.167 e. The minimum absolute atomic E-state index is 0.111. The van der Waals surface area contributed by atoms with Crippen molar-refractivity contribution in [1.29, 1.82) is 0 Å². The Labute approximate surface area is 125 Å². The monoisotopic (exact) mass is 277 g/mol. The summed E-state index contributed by atoms with van der Waals surface area (Å²) in [6.45, 7) is 0. The zero-order valence-electron chi connectivity index (χ0n) is 12.1. The molecule has 1 aliphatic carbocycles. The van der Waals surface area contributed by atoms with Crippen molar-refractivity contribution < 1.29 is 4.79 Å². The third-order valence-corrected chi connectivity index (χ3v) is 4.72. The fraction of sp³-hybridized carbons (Fsp3) is 0.316. The van der Waals surface area contributed by atoms with Crippen LogP contribution in [0.3, 0.4) is 0 Å². The summed E-state index contributed by atoms with van der Waals surface area (Å²) >= 11 is 0. The average molecular weight is 277 g/mol. The average Bonchev–Trinajstić information content (AvgIpc) is 2.54. The zero-order chi connectivity index (χ0) is 14.2. The number of carbonyl (C=O) groups is 1. The van der Waals surface area contributed by atoms with E-state index in [1.54, 1.807) is 0 Å². The van der Waals surface area contributed by atoms with Gasteiger partial charge in [0.2, 0.25) is 0 Å². The lowest BCUT2D eigenvalue weighted by molar-refractivity contribution is 0.0972. The molecule has 1 atom stereocenters. The van der Waals surface area contributed by atoms with Gasteiger partial charge < -0.3 is 5.32 Å². The summed E-state index contributed by atoms with van der Waals surface area (Å²) in [6.07, 6.45) is 5.53. The van der Waals surface area contributed by atoms with E-state index in [0.29, 0.717) is 6.42 Å². The molecule has 2 aliphatic rings. The second kappa shape index (κ2) is 5.03. The number of Topliss-reactive ketones (excluding diaryl/α,β-unsaturated/α-hetero) is 1. The van der Waals surface area contributed by atoms with Crippen LogP contribution in [0.15, 0.2) is 42.5 Å². The molecule has 4 rings (SSSR count). The Morgan fingerprint density at radius 1 is 0.952 bits per heavy atom. The molecule has 1 aliphatic heterocycles. The van der Waals surface area contributed by atoms with Crippen LogP contribution >= 0.6 is 0 Å². The van der Waals surface area contributed by atoms with Gasteiger partial charge in [-0.25, -0.2) is 0 Å². The van der Waals surface area contributed by atoms with Crippen LogP contribution in [0.2, 0.25) is 0 Å². The highest BCUT2D eigenvalue weighted by atomic mass is 16.1. The Bertz CT molecular complexity index is 704. The van der Waals surface area contributed by atoms with Crippen molar-refractivity contribution in [3.63, 3.8) is 0 Å². The van der Waals surface area contributed by atoms with Gasteiger partial charge >= 0.3 is 0 Å². The second-order valence-corrected chi connectivity index (χ2v) is 6.11. The lowest BCUT2D eigenvalue weighted by Crippen LogP contribution is -2.23. The Morgan fingerprint density at radius 2 is 1.76 bits per heavy atom. The van der Waals surface area contributed by atoms with Gasteiger partial charge in [-0.1, -0.05) is 30.3 Å². The van der Waals surface area contributed by atoms with E-state index in [-0.39, 0.29) is 11.8 Å². The number of para-hydroxylation sites is 1. The molecule has 106 valence electrons. The number of benzene rings is 2. The Kier molecular flexibility index (Phi) is 3.03. The quantitative estimate of drug-likeness (QED) is 0.841. The van der Waals surface area contributed by atoms with E-state index >= 15 is 0 Å². The zero-order valence-corrected chi connectivity index (χ0v) is 12.1. The van der Waals surface area contributed by atoms with Crippen molar-refractivity contribution in [3.8, 4) is 0 Å². The Morgan fingerprint density at radius 3 is 2.67 bits per heavy atom. The van der Waals surface area contributed by atoms with Crippen LogP contribution in [-0.2, 0) is 12.8 Å². The summed E-state index contributed by atoms with van der Waals surface area (Å²) in [4.78, 5) is 12.3. The smallest absolute Gasteiger partial charge is 0.167 e. The molecule has 0 saturated carbocycles. The minimum Gasteiger partial charge on any atom is -0.377 e. The molecule has 0 saturated heterocycles.